The fraction of sp³-hybridized carbons (Fsp3) is 0.895. The molecule has 0 rings (SSSR count). The van der Waals surface area contributed by atoms with Crippen LogP contribution in [-0.4, -0.2) is 18.5 Å². The van der Waals surface area contributed by atoms with Gasteiger partial charge in [-0.1, -0.05) is 71.1 Å². The highest BCUT2D eigenvalue weighted by atomic mass is 16.5. The van der Waals surface area contributed by atoms with E-state index in [4.69, 9.17) is 10.5 Å². The predicted octanol–water partition coefficient (Wildman–Crippen LogP) is 4.89. The molecule has 0 aliphatic carbocycles. The van der Waals surface area contributed by atoms with E-state index in [0.717, 1.165) is 32.1 Å². The number of hydrogen-bond donors (Lipinski definition) is 1. The minimum atomic E-state index is -0.270. The maximum Gasteiger partial charge on any atom is 0.305 e. The van der Waals surface area contributed by atoms with Gasteiger partial charge in [0.15, 0.2) is 0 Å². The van der Waals surface area contributed by atoms with Gasteiger partial charge in [0, 0.05) is 12.8 Å². The van der Waals surface area contributed by atoms with Gasteiger partial charge in [0.1, 0.15) is 0 Å². The summed E-state index contributed by atoms with van der Waals surface area (Å²) in [5.41, 5.74) is 5.06. The second-order valence-corrected chi connectivity index (χ2v) is 6.43. The first-order valence-corrected chi connectivity index (χ1v) is 9.60. The van der Waals surface area contributed by atoms with Crippen molar-refractivity contribution in [3.05, 3.63) is 0 Å². The van der Waals surface area contributed by atoms with E-state index in [1.807, 2.05) is 0 Å². The molecule has 0 spiro atoms. The smallest absolute Gasteiger partial charge is 0.305 e. The summed E-state index contributed by atoms with van der Waals surface area (Å²) in [6, 6.07) is 0. The number of rotatable bonds is 17. The van der Waals surface area contributed by atoms with E-state index in [1.54, 1.807) is 0 Å². The summed E-state index contributed by atoms with van der Waals surface area (Å²) in [7, 11) is 0. The van der Waals surface area contributed by atoms with Crippen molar-refractivity contribution >= 4 is 11.9 Å². The van der Waals surface area contributed by atoms with E-state index in [1.165, 1.54) is 51.4 Å². The molecule has 0 unspecified atom stereocenters. The number of hydrogen-bond acceptors (Lipinski definition) is 3. The van der Waals surface area contributed by atoms with Crippen LogP contribution in [0.5, 0.6) is 0 Å². The summed E-state index contributed by atoms with van der Waals surface area (Å²) in [6.45, 7) is 2.80. The number of carbonyl (C=O) groups excluding carboxylic acids is 2. The van der Waals surface area contributed by atoms with Gasteiger partial charge in [-0.25, -0.2) is 0 Å². The lowest BCUT2D eigenvalue weighted by molar-refractivity contribution is -0.143. The Morgan fingerprint density at radius 2 is 1.17 bits per heavy atom. The van der Waals surface area contributed by atoms with Gasteiger partial charge >= 0.3 is 5.97 Å². The fourth-order valence-electron chi connectivity index (χ4n) is 2.59. The Morgan fingerprint density at radius 3 is 1.74 bits per heavy atom. The molecule has 0 aromatic heterocycles. The van der Waals surface area contributed by atoms with Crippen LogP contribution in [0.4, 0.5) is 0 Å². The normalized spacial score (nSPS) is 10.7. The Kier molecular flexibility index (Phi) is 16.5. The largest absolute Gasteiger partial charge is 0.466 e. The standard InChI is InChI=1S/C19H37NO3/c1-2-3-4-5-6-7-8-9-10-14-17-23-19(22)16-13-11-12-15-18(20)21/h2-17H2,1H3,(H2,20,21). The highest BCUT2D eigenvalue weighted by Crippen LogP contribution is 2.10. The number of nitrogens with two attached hydrogens (primary N) is 1. The zero-order valence-corrected chi connectivity index (χ0v) is 15.1. The number of primary amides is 1. The molecule has 0 aromatic rings. The molecular formula is C19H37NO3. The molecule has 0 heterocycles. The molecule has 0 fully saturated rings. The van der Waals surface area contributed by atoms with Crippen molar-refractivity contribution in [1.82, 2.24) is 0 Å². The molecule has 0 saturated heterocycles. The quantitative estimate of drug-likeness (QED) is 0.305. The summed E-state index contributed by atoms with van der Waals surface area (Å²) >= 11 is 0. The van der Waals surface area contributed by atoms with Crippen LogP contribution in [0.1, 0.15) is 103 Å². The van der Waals surface area contributed by atoms with Gasteiger partial charge in [0.05, 0.1) is 6.61 Å². The van der Waals surface area contributed by atoms with Crippen molar-refractivity contribution in [3.63, 3.8) is 0 Å². The van der Waals surface area contributed by atoms with Gasteiger partial charge in [0.25, 0.3) is 0 Å². The van der Waals surface area contributed by atoms with Crippen LogP contribution in [0.15, 0.2) is 0 Å². The Morgan fingerprint density at radius 1 is 0.696 bits per heavy atom. The van der Waals surface area contributed by atoms with Crippen molar-refractivity contribution in [2.75, 3.05) is 6.61 Å². The van der Waals surface area contributed by atoms with Crippen molar-refractivity contribution in [3.8, 4) is 0 Å². The van der Waals surface area contributed by atoms with Gasteiger partial charge in [-0.15, -0.1) is 0 Å². The van der Waals surface area contributed by atoms with E-state index < -0.39 is 0 Å². The lowest BCUT2D eigenvalue weighted by Gasteiger charge is -2.05. The predicted molar refractivity (Wildman–Crippen MR) is 95.1 cm³/mol. The Bertz CT molecular complexity index is 292. The van der Waals surface area contributed by atoms with Crippen molar-refractivity contribution < 1.29 is 14.3 Å². The molecule has 23 heavy (non-hydrogen) atoms. The van der Waals surface area contributed by atoms with E-state index >= 15 is 0 Å². The highest BCUT2D eigenvalue weighted by Gasteiger charge is 2.03. The Balaban J connectivity index is 3.16. The van der Waals surface area contributed by atoms with E-state index in [-0.39, 0.29) is 11.9 Å². The third-order valence-electron chi connectivity index (χ3n) is 4.07. The first-order chi connectivity index (χ1) is 11.2. The maximum atomic E-state index is 11.5. The van der Waals surface area contributed by atoms with Crippen LogP contribution in [0.25, 0.3) is 0 Å². The summed E-state index contributed by atoms with van der Waals surface area (Å²) in [4.78, 5) is 22.0. The lowest BCUT2D eigenvalue weighted by atomic mass is 10.1. The third kappa shape index (κ3) is 18.9. The Hall–Kier alpha value is -1.06. The van der Waals surface area contributed by atoms with Crippen LogP contribution < -0.4 is 5.73 Å². The zero-order chi connectivity index (χ0) is 17.2. The molecule has 4 heteroatoms. The molecule has 0 atom stereocenters. The zero-order valence-electron chi connectivity index (χ0n) is 15.1. The first kappa shape index (κ1) is 21.9. The molecule has 0 radical (unpaired) electrons. The van der Waals surface area contributed by atoms with E-state index in [2.05, 4.69) is 6.92 Å². The van der Waals surface area contributed by atoms with Crippen LogP contribution in [0.2, 0.25) is 0 Å². The molecule has 0 saturated carbocycles. The van der Waals surface area contributed by atoms with Gasteiger partial charge in [0.2, 0.25) is 5.91 Å². The van der Waals surface area contributed by atoms with Crippen LogP contribution >= 0.6 is 0 Å². The van der Waals surface area contributed by atoms with Crippen molar-refractivity contribution in [2.45, 2.75) is 103 Å². The lowest BCUT2D eigenvalue weighted by Crippen LogP contribution is -2.10. The molecule has 0 aliphatic heterocycles. The average molecular weight is 328 g/mol. The van der Waals surface area contributed by atoms with Crippen molar-refractivity contribution in [1.29, 1.82) is 0 Å². The summed E-state index contributed by atoms with van der Waals surface area (Å²) < 4.78 is 5.21. The van der Waals surface area contributed by atoms with Gasteiger partial charge in [-0.3, -0.25) is 9.59 Å². The number of unbranched alkanes of at least 4 members (excludes halogenated alkanes) is 11. The molecule has 1 amide bonds. The van der Waals surface area contributed by atoms with Crippen LogP contribution in [0.3, 0.4) is 0 Å². The van der Waals surface area contributed by atoms with E-state index in [0.29, 0.717) is 19.4 Å². The molecule has 0 aliphatic rings. The molecule has 0 aromatic carbocycles. The molecule has 2 N–H and O–H groups in total. The third-order valence-corrected chi connectivity index (χ3v) is 4.07. The topological polar surface area (TPSA) is 69.4 Å². The molecule has 4 nitrogen and oxygen atoms in total. The summed E-state index contributed by atoms with van der Waals surface area (Å²) in [5, 5.41) is 0. The summed E-state index contributed by atoms with van der Waals surface area (Å²) in [5.74, 6) is -0.381. The first-order valence-electron chi connectivity index (χ1n) is 9.60. The molecule has 0 bridgehead atoms. The second-order valence-electron chi connectivity index (χ2n) is 6.43. The minimum Gasteiger partial charge on any atom is -0.466 e. The maximum absolute atomic E-state index is 11.5. The Labute approximate surface area is 142 Å². The number of carbonyl (C=O) groups is 2. The second kappa shape index (κ2) is 17.3. The van der Waals surface area contributed by atoms with Crippen molar-refractivity contribution in [2.24, 2.45) is 5.73 Å². The number of esters is 1. The van der Waals surface area contributed by atoms with Crippen LogP contribution in [0, 0.1) is 0 Å². The monoisotopic (exact) mass is 327 g/mol. The molecule has 136 valence electrons. The van der Waals surface area contributed by atoms with Gasteiger partial charge < -0.3 is 10.5 Å². The minimum absolute atomic E-state index is 0.111. The van der Waals surface area contributed by atoms with Crippen LogP contribution in [-0.2, 0) is 14.3 Å². The fourth-order valence-corrected chi connectivity index (χ4v) is 2.59. The molecular weight excluding hydrogens is 290 g/mol. The SMILES string of the molecule is CCCCCCCCCCCCOC(=O)CCCCCC(N)=O. The summed E-state index contributed by atoms with van der Waals surface area (Å²) in [6.07, 6.45) is 16.1. The number of amides is 1. The van der Waals surface area contributed by atoms with Gasteiger partial charge in [-0.05, 0) is 19.3 Å². The van der Waals surface area contributed by atoms with E-state index in [9.17, 15) is 9.59 Å². The average Bonchev–Trinajstić information content (AvgIpc) is 2.52. The highest BCUT2D eigenvalue weighted by molar-refractivity contribution is 5.73. The number of ether oxygens (including phenoxy) is 1. The van der Waals surface area contributed by atoms with Gasteiger partial charge in [-0.2, -0.15) is 0 Å².